The van der Waals surface area contributed by atoms with Gasteiger partial charge in [-0.25, -0.2) is 0 Å². The molecule has 0 spiro atoms. The van der Waals surface area contributed by atoms with Crippen LogP contribution >= 0.6 is 23.2 Å². The largest absolute Gasteiger partial charge is 0.271 e. The van der Waals surface area contributed by atoms with Crippen LogP contribution in [0.5, 0.6) is 0 Å². The first-order valence-corrected chi connectivity index (χ1v) is 8.37. The Morgan fingerprint density at radius 3 is 2.40 bits per heavy atom. The Bertz CT molecular complexity index is 415. The fraction of sp³-hybridized carbons (Fsp3) is 0.625. The van der Waals surface area contributed by atoms with E-state index in [0.29, 0.717) is 16.0 Å². The standard InChI is InChI=1S/C16H24Cl2N2/c17-14-10-6-9-13(16(14)18)11-15(20-19)12-7-4-2-1-3-5-8-12/h6,9-10,12,15,20H,1-5,7-8,11,19H2. The second-order valence-electron chi connectivity index (χ2n) is 5.80. The molecule has 112 valence electrons. The van der Waals surface area contributed by atoms with E-state index < -0.39 is 0 Å². The molecule has 0 aromatic heterocycles. The highest BCUT2D eigenvalue weighted by Crippen LogP contribution is 2.30. The number of hydrogen-bond donors (Lipinski definition) is 2. The zero-order chi connectivity index (χ0) is 14.4. The van der Waals surface area contributed by atoms with E-state index in [4.69, 9.17) is 29.0 Å². The molecule has 2 nitrogen and oxygen atoms in total. The zero-order valence-corrected chi connectivity index (χ0v) is 13.4. The molecule has 0 radical (unpaired) electrons. The average Bonchev–Trinajstić information content (AvgIpc) is 2.41. The predicted octanol–water partition coefficient (Wildman–Crippen LogP) is 4.73. The summed E-state index contributed by atoms with van der Waals surface area (Å²) in [7, 11) is 0. The fourth-order valence-electron chi connectivity index (χ4n) is 3.19. The van der Waals surface area contributed by atoms with E-state index in [-0.39, 0.29) is 6.04 Å². The van der Waals surface area contributed by atoms with Gasteiger partial charge in [0.15, 0.2) is 0 Å². The van der Waals surface area contributed by atoms with Crippen LogP contribution in [0.2, 0.25) is 10.0 Å². The van der Waals surface area contributed by atoms with E-state index in [2.05, 4.69) is 5.43 Å². The first-order chi connectivity index (χ1) is 9.72. The van der Waals surface area contributed by atoms with Crippen molar-refractivity contribution in [3.8, 4) is 0 Å². The molecular formula is C16H24Cl2N2. The van der Waals surface area contributed by atoms with Gasteiger partial charge in [-0.15, -0.1) is 0 Å². The molecule has 1 aliphatic carbocycles. The summed E-state index contributed by atoms with van der Waals surface area (Å²) in [5.41, 5.74) is 4.10. The van der Waals surface area contributed by atoms with Crippen molar-refractivity contribution in [3.63, 3.8) is 0 Å². The topological polar surface area (TPSA) is 38.0 Å². The average molecular weight is 315 g/mol. The summed E-state index contributed by atoms with van der Waals surface area (Å²) in [6.45, 7) is 0. The summed E-state index contributed by atoms with van der Waals surface area (Å²) in [4.78, 5) is 0. The van der Waals surface area contributed by atoms with E-state index in [1.165, 1.54) is 44.9 Å². The van der Waals surface area contributed by atoms with E-state index in [0.717, 1.165) is 12.0 Å². The first kappa shape index (κ1) is 16.1. The molecule has 0 bridgehead atoms. The van der Waals surface area contributed by atoms with Crippen LogP contribution < -0.4 is 11.3 Å². The Morgan fingerprint density at radius 2 is 1.75 bits per heavy atom. The first-order valence-electron chi connectivity index (χ1n) is 7.61. The monoisotopic (exact) mass is 314 g/mol. The van der Waals surface area contributed by atoms with Crippen LogP contribution in [0.4, 0.5) is 0 Å². The third kappa shape index (κ3) is 4.36. The Kier molecular flexibility index (Phi) is 6.63. The Morgan fingerprint density at radius 1 is 1.10 bits per heavy atom. The van der Waals surface area contributed by atoms with E-state index in [1.54, 1.807) is 0 Å². The molecule has 1 aromatic rings. The fourth-order valence-corrected chi connectivity index (χ4v) is 3.59. The predicted molar refractivity (Wildman–Crippen MR) is 87.1 cm³/mol. The van der Waals surface area contributed by atoms with Gasteiger partial charge in [0, 0.05) is 6.04 Å². The quantitative estimate of drug-likeness (QED) is 0.623. The number of hydrogen-bond acceptors (Lipinski definition) is 2. The van der Waals surface area contributed by atoms with Crippen molar-refractivity contribution in [2.24, 2.45) is 11.8 Å². The number of rotatable bonds is 4. The minimum absolute atomic E-state index is 0.282. The maximum Gasteiger partial charge on any atom is 0.0624 e. The smallest absolute Gasteiger partial charge is 0.0624 e. The summed E-state index contributed by atoms with van der Waals surface area (Å²) in [6.07, 6.45) is 10.1. The molecule has 1 saturated carbocycles. The maximum atomic E-state index is 6.29. The van der Waals surface area contributed by atoms with Crippen LogP contribution in [-0.2, 0) is 6.42 Å². The van der Waals surface area contributed by atoms with Crippen molar-refractivity contribution in [1.82, 2.24) is 5.43 Å². The molecule has 4 heteroatoms. The summed E-state index contributed by atoms with van der Waals surface area (Å²) in [5, 5.41) is 1.29. The number of halogens is 2. The minimum Gasteiger partial charge on any atom is -0.271 e. The molecule has 0 heterocycles. The molecule has 1 aromatic carbocycles. The molecule has 0 aliphatic heterocycles. The van der Waals surface area contributed by atoms with E-state index in [1.807, 2.05) is 18.2 Å². The number of hydrazine groups is 1. The second-order valence-corrected chi connectivity index (χ2v) is 6.58. The van der Waals surface area contributed by atoms with Gasteiger partial charge in [-0.2, -0.15) is 0 Å². The van der Waals surface area contributed by atoms with Crippen LogP contribution in [-0.4, -0.2) is 6.04 Å². The third-order valence-corrected chi connectivity index (χ3v) is 5.26. The van der Waals surface area contributed by atoms with Crippen molar-refractivity contribution in [2.45, 2.75) is 57.4 Å². The Labute approximate surface area is 132 Å². The van der Waals surface area contributed by atoms with Crippen LogP contribution in [0.3, 0.4) is 0 Å². The summed E-state index contributed by atoms with van der Waals surface area (Å²) in [6, 6.07) is 6.11. The van der Waals surface area contributed by atoms with Crippen LogP contribution in [0, 0.1) is 5.92 Å². The third-order valence-electron chi connectivity index (χ3n) is 4.40. The van der Waals surface area contributed by atoms with Crippen molar-refractivity contribution in [3.05, 3.63) is 33.8 Å². The van der Waals surface area contributed by atoms with Gasteiger partial charge < -0.3 is 0 Å². The molecule has 1 atom stereocenters. The van der Waals surface area contributed by atoms with E-state index >= 15 is 0 Å². The molecule has 1 unspecified atom stereocenters. The van der Waals surface area contributed by atoms with Gasteiger partial charge in [-0.3, -0.25) is 11.3 Å². The molecule has 1 aliphatic rings. The number of nitrogens with two attached hydrogens (primary N) is 1. The van der Waals surface area contributed by atoms with Crippen molar-refractivity contribution >= 4 is 23.2 Å². The molecule has 1 fully saturated rings. The molecule has 0 amide bonds. The van der Waals surface area contributed by atoms with Gasteiger partial charge >= 0.3 is 0 Å². The number of nitrogens with one attached hydrogen (secondary N) is 1. The highest BCUT2D eigenvalue weighted by atomic mass is 35.5. The molecular weight excluding hydrogens is 291 g/mol. The van der Waals surface area contributed by atoms with Crippen LogP contribution in [0.1, 0.15) is 50.5 Å². The highest BCUT2D eigenvalue weighted by molar-refractivity contribution is 6.42. The van der Waals surface area contributed by atoms with Gasteiger partial charge in [0.25, 0.3) is 0 Å². The van der Waals surface area contributed by atoms with Crippen molar-refractivity contribution in [1.29, 1.82) is 0 Å². The summed E-state index contributed by atoms with van der Waals surface area (Å²) < 4.78 is 0. The van der Waals surface area contributed by atoms with Crippen LogP contribution in [0.15, 0.2) is 18.2 Å². The lowest BCUT2D eigenvalue weighted by atomic mass is 9.83. The van der Waals surface area contributed by atoms with Gasteiger partial charge in [-0.05, 0) is 36.8 Å². The molecule has 20 heavy (non-hydrogen) atoms. The lowest BCUT2D eigenvalue weighted by Crippen LogP contribution is -2.42. The van der Waals surface area contributed by atoms with Gasteiger partial charge in [-0.1, -0.05) is 67.4 Å². The lowest BCUT2D eigenvalue weighted by Gasteiger charge is -2.28. The Hall–Kier alpha value is -0.280. The summed E-state index contributed by atoms with van der Waals surface area (Å²) in [5.74, 6) is 6.44. The Balaban J connectivity index is 2.05. The molecule has 2 rings (SSSR count). The summed E-state index contributed by atoms with van der Waals surface area (Å²) >= 11 is 12.4. The van der Waals surface area contributed by atoms with Gasteiger partial charge in [0.2, 0.25) is 0 Å². The van der Waals surface area contributed by atoms with Crippen molar-refractivity contribution < 1.29 is 0 Å². The lowest BCUT2D eigenvalue weighted by molar-refractivity contribution is 0.285. The number of benzene rings is 1. The highest BCUT2D eigenvalue weighted by Gasteiger charge is 2.22. The zero-order valence-electron chi connectivity index (χ0n) is 11.9. The SMILES string of the molecule is NNC(Cc1cccc(Cl)c1Cl)C1CCCCCCC1. The normalized spacial score (nSPS) is 19.4. The minimum atomic E-state index is 0.282. The maximum absolute atomic E-state index is 6.29. The van der Waals surface area contributed by atoms with E-state index in [9.17, 15) is 0 Å². The van der Waals surface area contributed by atoms with Gasteiger partial charge in [0.05, 0.1) is 10.0 Å². The molecule has 0 saturated heterocycles. The molecule has 3 N–H and O–H groups in total. The second kappa shape index (κ2) is 8.23. The van der Waals surface area contributed by atoms with Crippen molar-refractivity contribution in [2.75, 3.05) is 0 Å². The van der Waals surface area contributed by atoms with Gasteiger partial charge in [0.1, 0.15) is 0 Å². The van der Waals surface area contributed by atoms with Crippen LogP contribution in [0.25, 0.3) is 0 Å².